The minimum atomic E-state index is -3.40. The van der Waals surface area contributed by atoms with E-state index in [1.54, 1.807) is 16.4 Å². The zero-order valence-corrected chi connectivity index (χ0v) is 15.9. The van der Waals surface area contributed by atoms with Crippen molar-refractivity contribution in [3.05, 3.63) is 65.5 Å². The summed E-state index contributed by atoms with van der Waals surface area (Å²) in [5.74, 6) is -0.209. The highest BCUT2D eigenvalue weighted by Gasteiger charge is 2.28. The molecule has 0 atom stereocenters. The third kappa shape index (κ3) is 4.69. The van der Waals surface area contributed by atoms with E-state index >= 15 is 0 Å². The molecular formula is C20H25FN2O2S. The molecule has 0 amide bonds. The number of hydrogen-bond donors (Lipinski definition) is 0. The van der Waals surface area contributed by atoms with Gasteiger partial charge in [-0.1, -0.05) is 29.8 Å². The van der Waals surface area contributed by atoms with Crippen LogP contribution in [0.2, 0.25) is 0 Å². The van der Waals surface area contributed by atoms with Crippen molar-refractivity contribution in [1.82, 2.24) is 9.21 Å². The summed E-state index contributed by atoms with van der Waals surface area (Å²) >= 11 is 0. The van der Waals surface area contributed by atoms with E-state index in [0.717, 1.165) is 43.6 Å². The third-order valence-corrected chi connectivity index (χ3v) is 6.76. The molecule has 6 heteroatoms. The topological polar surface area (TPSA) is 40.6 Å². The van der Waals surface area contributed by atoms with Gasteiger partial charge in [0, 0.05) is 26.2 Å². The second-order valence-corrected chi connectivity index (χ2v) is 8.73. The molecule has 0 N–H and O–H groups in total. The average molecular weight is 376 g/mol. The van der Waals surface area contributed by atoms with Crippen molar-refractivity contribution < 1.29 is 12.8 Å². The van der Waals surface area contributed by atoms with Crippen molar-refractivity contribution in [3.8, 4) is 0 Å². The fourth-order valence-electron chi connectivity index (χ4n) is 3.21. The van der Waals surface area contributed by atoms with E-state index in [9.17, 15) is 12.8 Å². The Labute approximate surface area is 155 Å². The summed E-state index contributed by atoms with van der Waals surface area (Å²) in [6, 6.07) is 13.6. The molecule has 0 spiro atoms. The Bertz CT molecular complexity index is 812. The second-order valence-electron chi connectivity index (χ2n) is 6.79. The second kappa shape index (κ2) is 8.29. The molecule has 0 bridgehead atoms. The lowest BCUT2D eigenvalue weighted by Gasteiger charge is -2.34. The molecule has 0 saturated carbocycles. The van der Waals surface area contributed by atoms with Crippen LogP contribution in [0.25, 0.3) is 0 Å². The predicted molar refractivity (Wildman–Crippen MR) is 101 cm³/mol. The van der Waals surface area contributed by atoms with E-state index in [-0.39, 0.29) is 5.82 Å². The normalized spacial score (nSPS) is 16.7. The Morgan fingerprint density at radius 2 is 1.54 bits per heavy atom. The van der Waals surface area contributed by atoms with Gasteiger partial charge in [-0.25, -0.2) is 12.8 Å². The van der Waals surface area contributed by atoms with Gasteiger partial charge < -0.3 is 4.90 Å². The average Bonchev–Trinajstić information content (AvgIpc) is 2.64. The lowest BCUT2D eigenvalue weighted by molar-refractivity contribution is 0.187. The van der Waals surface area contributed by atoms with Crippen LogP contribution >= 0.6 is 0 Å². The molecular weight excluding hydrogens is 351 g/mol. The van der Waals surface area contributed by atoms with Crippen LogP contribution < -0.4 is 0 Å². The number of piperazine rings is 1. The summed E-state index contributed by atoms with van der Waals surface area (Å²) in [6.45, 7) is 5.40. The molecule has 26 heavy (non-hydrogen) atoms. The van der Waals surface area contributed by atoms with Crippen molar-refractivity contribution in [3.63, 3.8) is 0 Å². The number of nitrogens with zero attached hydrogens (tertiary/aromatic N) is 2. The maximum atomic E-state index is 12.9. The zero-order chi connectivity index (χ0) is 18.6. The molecule has 0 unspecified atom stereocenters. The fraction of sp³-hybridized carbons (Fsp3) is 0.400. The number of hydrogen-bond acceptors (Lipinski definition) is 3. The van der Waals surface area contributed by atoms with Crippen LogP contribution in [0.15, 0.2) is 53.4 Å². The van der Waals surface area contributed by atoms with Gasteiger partial charge in [-0.3, -0.25) is 0 Å². The maximum absolute atomic E-state index is 12.9. The molecule has 1 fully saturated rings. The lowest BCUT2D eigenvalue weighted by Crippen LogP contribution is -2.48. The van der Waals surface area contributed by atoms with Crippen LogP contribution in [0.5, 0.6) is 0 Å². The molecule has 0 radical (unpaired) electrons. The van der Waals surface area contributed by atoms with Gasteiger partial charge in [0.25, 0.3) is 0 Å². The van der Waals surface area contributed by atoms with Crippen molar-refractivity contribution in [2.75, 3.05) is 32.7 Å². The van der Waals surface area contributed by atoms with Gasteiger partial charge in [0.1, 0.15) is 5.82 Å². The van der Waals surface area contributed by atoms with Gasteiger partial charge in [-0.15, -0.1) is 0 Å². The van der Waals surface area contributed by atoms with Gasteiger partial charge in [-0.05, 0) is 56.1 Å². The van der Waals surface area contributed by atoms with Crippen LogP contribution in [0.1, 0.15) is 17.5 Å². The van der Waals surface area contributed by atoms with E-state index in [0.29, 0.717) is 18.0 Å². The molecule has 2 aromatic rings. The maximum Gasteiger partial charge on any atom is 0.243 e. The van der Waals surface area contributed by atoms with E-state index in [4.69, 9.17) is 0 Å². The highest BCUT2D eigenvalue weighted by molar-refractivity contribution is 7.89. The largest absolute Gasteiger partial charge is 0.301 e. The van der Waals surface area contributed by atoms with Crippen LogP contribution in [-0.4, -0.2) is 50.3 Å². The number of sulfonamides is 1. The molecule has 0 aliphatic carbocycles. The van der Waals surface area contributed by atoms with Gasteiger partial charge >= 0.3 is 0 Å². The standard InChI is InChI=1S/C20H25FN2O2S/c1-17-4-10-20(11-5-17)26(24,25)23-15-13-22(14-16-23)12-2-3-18-6-8-19(21)9-7-18/h4-11H,2-3,12-16H2,1H3. The lowest BCUT2D eigenvalue weighted by atomic mass is 10.1. The zero-order valence-electron chi connectivity index (χ0n) is 15.1. The van der Waals surface area contributed by atoms with Gasteiger partial charge in [-0.2, -0.15) is 4.31 Å². The molecule has 0 aromatic heterocycles. The highest BCUT2D eigenvalue weighted by Crippen LogP contribution is 2.18. The highest BCUT2D eigenvalue weighted by atomic mass is 32.2. The van der Waals surface area contributed by atoms with E-state index < -0.39 is 10.0 Å². The van der Waals surface area contributed by atoms with Crippen molar-refractivity contribution in [2.45, 2.75) is 24.7 Å². The summed E-state index contributed by atoms with van der Waals surface area (Å²) in [5, 5.41) is 0. The number of halogens is 1. The van der Waals surface area contributed by atoms with E-state index in [1.807, 2.05) is 31.2 Å². The number of benzene rings is 2. The fourth-order valence-corrected chi connectivity index (χ4v) is 4.63. The molecule has 1 heterocycles. The third-order valence-electron chi connectivity index (χ3n) is 4.84. The quantitative estimate of drug-likeness (QED) is 0.778. The van der Waals surface area contributed by atoms with E-state index in [1.165, 1.54) is 12.1 Å². The molecule has 2 aromatic carbocycles. The first kappa shape index (κ1) is 19.0. The summed E-state index contributed by atoms with van der Waals surface area (Å²) in [5.41, 5.74) is 2.18. The van der Waals surface area contributed by atoms with Crippen LogP contribution in [0.3, 0.4) is 0 Å². The Morgan fingerprint density at radius 1 is 0.923 bits per heavy atom. The van der Waals surface area contributed by atoms with Gasteiger partial charge in [0.05, 0.1) is 4.90 Å². The predicted octanol–water partition coefficient (Wildman–Crippen LogP) is 3.07. The Kier molecular flexibility index (Phi) is 6.06. The van der Waals surface area contributed by atoms with Gasteiger partial charge in [0.15, 0.2) is 0 Å². The number of rotatable bonds is 6. The van der Waals surface area contributed by atoms with Crippen LogP contribution in [0.4, 0.5) is 4.39 Å². The Balaban J connectivity index is 1.47. The molecule has 1 aliphatic heterocycles. The first-order valence-electron chi connectivity index (χ1n) is 8.99. The van der Waals surface area contributed by atoms with E-state index in [2.05, 4.69) is 4.90 Å². The molecule has 4 nitrogen and oxygen atoms in total. The minimum Gasteiger partial charge on any atom is -0.301 e. The van der Waals surface area contributed by atoms with Crippen LogP contribution in [-0.2, 0) is 16.4 Å². The Morgan fingerprint density at radius 3 is 2.15 bits per heavy atom. The first-order chi connectivity index (χ1) is 12.4. The molecule has 1 saturated heterocycles. The monoisotopic (exact) mass is 376 g/mol. The summed E-state index contributed by atoms with van der Waals surface area (Å²) < 4.78 is 39.9. The smallest absolute Gasteiger partial charge is 0.243 e. The minimum absolute atomic E-state index is 0.209. The van der Waals surface area contributed by atoms with Crippen molar-refractivity contribution in [1.29, 1.82) is 0 Å². The number of aryl methyl sites for hydroxylation is 2. The first-order valence-corrected chi connectivity index (χ1v) is 10.4. The van der Waals surface area contributed by atoms with Gasteiger partial charge in [0.2, 0.25) is 10.0 Å². The van der Waals surface area contributed by atoms with Crippen LogP contribution in [0, 0.1) is 12.7 Å². The summed E-state index contributed by atoms with van der Waals surface area (Å²) in [4.78, 5) is 2.66. The molecule has 140 valence electrons. The molecule has 3 rings (SSSR count). The molecule has 1 aliphatic rings. The van der Waals surface area contributed by atoms with Crippen molar-refractivity contribution in [2.24, 2.45) is 0 Å². The summed E-state index contributed by atoms with van der Waals surface area (Å²) in [6.07, 6.45) is 1.89. The SMILES string of the molecule is Cc1ccc(S(=O)(=O)N2CCN(CCCc3ccc(F)cc3)CC2)cc1. The summed E-state index contributed by atoms with van der Waals surface area (Å²) in [7, 11) is -3.40. The Hall–Kier alpha value is -1.76. The van der Waals surface area contributed by atoms with Crippen molar-refractivity contribution >= 4 is 10.0 Å².